The van der Waals surface area contributed by atoms with Crippen molar-refractivity contribution in [1.29, 1.82) is 0 Å². The highest BCUT2D eigenvalue weighted by Gasteiger charge is 2.33. The van der Waals surface area contributed by atoms with Gasteiger partial charge in [0, 0.05) is 12.6 Å². The van der Waals surface area contributed by atoms with Crippen molar-refractivity contribution >= 4 is 0 Å². The number of aromatic nitrogens is 4. The third-order valence-electron chi connectivity index (χ3n) is 2.49. The van der Waals surface area contributed by atoms with Crippen LogP contribution in [0.2, 0.25) is 0 Å². The lowest BCUT2D eigenvalue weighted by atomic mass is 10.1. The van der Waals surface area contributed by atoms with Crippen LogP contribution in [0.4, 0.5) is 13.2 Å². The summed E-state index contributed by atoms with van der Waals surface area (Å²) in [5, 5.41) is 15.5. The fourth-order valence-corrected chi connectivity index (χ4v) is 1.65. The molecule has 1 N–H and O–H groups in total. The van der Waals surface area contributed by atoms with E-state index in [0.29, 0.717) is 0 Å². The summed E-state index contributed by atoms with van der Waals surface area (Å²) in [6, 6.07) is 3.57. The third-order valence-corrected chi connectivity index (χ3v) is 2.49. The zero-order valence-electron chi connectivity index (χ0n) is 10.5. The number of hydrogen-bond donors (Lipinski definition) is 1. The molecule has 0 saturated carbocycles. The molecule has 8 nitrogen and oxygen atoms in total. The van der Waals surface area contributed by atoms with Crippen molar-refractivity contribution in [2.24, 2.45) is 7.05 Å². The third kappa shape index (κ3) is 3.20. The summed E-state index contributed by atoms with van der Waals surface area (Å²) >= 11 is 0. The van der Waals surface area contributed by atoms with Gasteiger partial charge in [-0.05, 0) is 22.6 Å². The van der Waals surface area contributed by atoms with Crippen LogP contribution in [0.25, 0.3) is 5.69 Å². The normalized spacial score (nSPS) is 11.7. The minimum atomic E-state index is -4.93. The molecule has 0 saturated heterocycles. The van der Waals surface area contributed by atoms with Crippen LogP contribution < -0.4 is 10.4 Å². The van der Waals surface area contributed by atoms with Gasteiger partial charge in [-0.15, -0.1) is 13.2 Å². The second kappa shape index (κ2) is 5.54. The molecule has 11 heteroatoms. The van der Waals surface area contributed by atoms with Gasteiger partial charge in [-0.2, -0.15) is 9.36 Å². The van der Waals surface area contributed by atoms with Gasteiger partial charge < -0.3 is 4.74 Å². The minimum absolute atomic E-state index is 0.0519. The molecule has 0 aliphatic heterocycles. The molecule has 0 bridgehead atoms. The first kappa shape index (κ1) is 15.0. The lowest BCUT2D eigenvalue weighted by molar-refractivity contribution is -0.277. The van der Waals surface area contributed by atoms with Gasteiger partial charge in [0.05, 0.1) is 5.69 Å². The molecule has 21 heavy (non-hydrogen) atoms. The van der Waals surface area contributed by atoms with Crippen molar-refractivity contribution in [2.45, 2.75) is 13.0 Å². The molecular formula is C10H9F3N4O4. The Bertz CT molecular complexity index is 694. The highest BCUT2D eigenvalue weighted by atomic mass is 19.4. The molecule has 0 aliphatic carbocycles. The van der Waals surface area contributed by atoms with Crippen molar-refractivity contribution < 1.29 is 28.1 Å². The lowest BCUT2D eigenvalue weighted by Crippen LogP contribution is -2.24. The van der Waals surface area contributed by atoms with Crippen molar-refractivity contribution in [1.82, 2.24) is 19.8 Å². The van der Waals surface area contributed by atoms with Crippen LogP contribution in [-0.2, 0) is 18.5 Å². The van der Waals surface area contributed by atoms with Crippen LogP contribution >= 0.6 is 0 Å². The number of nitrogens with zero attached hydrogens (tertiary/aromatic N) is 4. The molecule has 1 heterocycles. The molecule has 0 radical (unpaired) electrons. The van der Waals surface area contributed by atoms with Gasteiger partial charge >= 0.3 is 12.1 Å². The molecule has 0 unspecified atom stereocenters. The summed E-state index contributed by atoms with van der Waals surface area (Å²) in [7, 11) is 1.32. The Morgan fingerprint density at radius 1 is 1.33 bits per heavy atom. The van der Waals surface area contributed by atoms with E-state index in [4.69, 9.17) is 5.26 Å². The Morgan fingerprint density at radius 2 is 2.05 bits per heavy atom. The number of benzene rings is 1. The zero-order valence-corrected chi connectivity index (χ0v) is 10.5. The topological polar surface area (TPSA) is 91.4 Å². The Morgan fingerprint density at radius 3 is 2.57 bits per heavy atom. The van der Waals surface area contributed by atoms with Crippen LogP contribution in [0, 0.1) is 0 Å². The van der Waals surface area contributed by atoms with E-state index in [2.05, 4.69) is 20.1 Å². The monoisotopic (exact) mass is 306 g/mol. The van der Waals surface area contributed by atoms with Gasteiger partial charge in [0.2, 0.25) is 0 Å². The molecular weight excluding hydrogens is 297 g/mol. The fraction of sp³-hybridized carbons (Fsp3) is 0.300. The molecule has 0 fully saturated rings. The number of ether oxygens (including phenoxy) is 1. The Labute approximate surface area is 114 Å². The Kier molecular flexibility index (Phi) is 3.95. The highest BCUT2D eigenvalue weighted by Crippen LogP contribution is 2.30. The van der Waals surface area contributed by atoms with E-state index in [-0.39, 0.29) is 11.3 Å². The van der Waals surface area contributed by atoms with E-state index in [1.54, 1.807) is 0 Å². The average molecular weight is 306 g/mol. The molecule has 0 amide bonds. The Balaban J connectivity index is 2.58. The van der Waals surface area contributed by atoms with E-state index in [1.165, 1.54) is 19.2 Å². The molecule has 1 aromatic heterocycles. The van der Waals surface area contributed by atoms with E-state index in [1.807, 2.05) is 0 Å². The maximum atomic E-state index is 12.4. The van der Waals surface area contributed by atoms with Crippen LogP contribution in [0.5, 0.6) is 5.75 Å². The van der Waals surface area contributed by atoms with E-state index < -0.39 is 24.4 Å². The SMILES string of the molecule is Cn1nnn(-c2cccc(OC(F)(F)F)c2COO)c1=O. The van der Waals surface area contributed by atoms with Gasteiger partial charge in [-0.1, -0.05) is 6.07 Å². The summed E-state index contributed by atoms with van der Waals surface area (Å²) in [5.41, 5.74) is -0.942. The largest absolute Gasteiger partial charge is 0.573 e. The number of halogens is 3. The molecule has 2 aromatic rings. The predicted molar refractivity (Wildman–Crippen MR) is 60.7 cm³/mol. The summed E-state index contributed by atoms with van der Waals surface area (Å²) in [6.45, 7) is -0.634. The summed E-state index contributed by atoms with van der Waals surface area (Å²) in [4.78, 5) is 15.6. The molecule has 2 rings (SSSR count). The van der Waals surface area contributed by atoms with E-state index >= 15 is 0 Å². The first-order chi connectivity index (χ1) is 9.83. The van der Waals surface area contributed by atoms with Gasteiger partial charge in [-0.25, -0.2) is 9.68 Å². The Hall–Kier alpha value is -2.40. The summed E-state index contributed by atoms with van der Waals surface area (Å²) in [5.74, 6) is -0.619. The maximum Gasteiger partial charge on any atom is 0.573 e. The summed E-state index contributed by atoms with van der Waals surface area (Å²) < 4.78 is 42.5. The van der Waals surface area contributed by atoms with E-state index in [0.717, 1.165) is 15.4 Å². The second-order valence-electron chi connectivity index (χ2n) is 3.87. The summed E-state index contributed by atoms with van der Waals surface area (Å²) in [6.07, 6.45) is -4.93. The van der Waals surface area contributed by atoms with Gasteiger partial charge in [0.15, 0.2) is 0 Å². The highest BCUT2D eigenvalue weighted by molar-refractivity contribution is 5.48. The number of aryl methyl sites for hydroxylation is 1. The fourth-order valence-electron chi connectivity index (χ4n) is 1.65. The van der Waals surface area contributed by atoms with E-state index in [9.17, 15) is 18.0 Å². The first-order valence-electron chi connectivity index (χ1n) is 5.47. The molecule has 0 atom stereocenters. The maximum absolute atomic E-state index is 12.4. The smallest absolute Gasteiger partial charge is 0.405 e. The van der Waals surface area contributed by atoms with Crippen LogP contribution in [-0.4, -0.2) is 31.4 Å². The van der Waals surface area contributed by atoms with Crippen LogP contribution in [0.15, 0.2) is 23.0 Å². The van der Waals surface area contributed by atoms with Crippen LogP contribution in [0.3, 0.4) is 0 Å². The standard InChI is InChI=1S/C10H9F3N4O4/c1-16-9(18)17(15-14-16)7-3-2-4-8(6(7)5-20-19)21-10(11,12)13/h2-4,19H,5H2,1H3. The van der Waals surface area contributed by atoms with Gasteiger partial charge in [0.1, 0.15) is 12.4 Å². The predicted octanol–water partition coefficient (Wildman–Crippen LogP) is 0.854. The number of tetrazole rings is 1. The molecule has 0 aliphatic rings. The average Bonchev–Trinajstić information content (AvgIpc) is 2.71. The van der Waals surface area contributed by atoms with Crippen molar-refractivity contribution in [2.75, 3.05) is 0 Å². The first-order valence-corrected chi connectivity index (χ1v) is 5.47. The minimum Gasteiger partial charge on any atom is -0.405 e. The molecule has 0 spiro atoms. The lowest BCUT2D eigenvalue weighted by Gasteiger charge is -2.14. The zero-order chi connectivity index (χ0) is 15.6. The van der Waals surface area contributed by atoms with Crippen LogP contribution in [0.1, 0.15) is 5.56 Å². The molecule has 114 valence electrons. The number of hydrogen-bond acceptors (Lipinski definition) is 6. The van der Waals surface area contributed by atoms with Crippen molar-refractivity contribution in [3.8, 4) is 11.4 Å². The number of alkyl halides is 3. The number of rotatable bonds is 4. The van der Waals surface area contributed by atoms with Gasteiger partial charge in [-0.3, -0.25) is 5.26 Å². The van der Waals surface area contributed by atoms with Crippen molar-refractivity contribution in [3.05, 3.63) is 34.2 Å². The quantitative estimate of drug-likeness (QED) is 0.665. The second-order valence-corrected chi connectivity index (χ2v) is 3.87. The molecule has 1 aromatic carbocycles. The van der Waals surface area contributed by atoms with Gasteiger partial charge in [0.25, 0.3) is 0 Å². The van der Waals surface area contributed by atoms with Crippen molar-refractivity contribution in [3.63, 3.8) is 0 Å².